The van der Waals surface area contributed by atoms with Gasteiger partial charge in [-0.1, -0.05) is 6.92 Å². The van der Waals surface area contributed by atoms with Crippen LogP contribution in [0.4, 0.5) is 0 Å². The summed E-state index contributed by atoms with van der Waals surface area (Å²) < 4.78 is 10.9. The number of rotatable bonds is 12. The Balaban J connectivity index is 1.58. The van der Waals surface area contributed by atoms with Crippen molar-refractivity contribution in [3.63, 3.8) is 0 Å². The van der Waals surface area contributed by atoms with Crippen LogP contribution in [-0.2, 0) is 0 Å². The van der Waals surface area contributed by atoms with E-state index in [1.54, 1.807) is 7.11 Å². The van der Waals surface area contributed by atoms with Gasteiger partial charge < -0.3 is 29.9 Å². The molecule has 164 valence electrons. The number of aliphatic imine (C=N–C) groups is 1. The highest BCUT2D eigenvalue weighted by Gasteiger charge is 2.14. The van der Waals surface area contributed by atoms with Crippen LogP contribution in [0.25, 0.3) is 0 Å². The number of methoxy groups -OCH3 is 1. The maximum atomic E-state index is 5.75. The van der Waals surface area contributed by atoms with Crippen molar-refractivity contribution >= 4 is 5.96 Å². The van der Waals surface area contributed by atoms with E-state index in [-0.39, 0.29) is 0 Å². The second kappa shape index (κ2) is 14.1. The highest BCUT2D eigenvalue weighted by molar-refractivity contribution is 5.79. The molecular formula is C22H39N5O2. The molecule has 1 aliphatic heterocycles. The van der Waals surface area contributed by atoms with Gasteiger partial charge in [-0.15, -0.1) is 0 Å². The number of unbranched alkanes of at least 4 members (excludes halogenated alkanes) is 1. The largest absolute Gasteiger partial charge is 0.497 e. The summed E-state index contributed by atoms with van der Waals surface area (Å²) in [6.45, 7) is 14.5. The summed E-state index contributed by atoms with van der Waals surface area (Å²) >= 11 is 0. The Labute approximate surface area is 176 Å². The number of benzene rings is 1. The second-order valence-corrected chi connectivity index (χ2v) is 7.19. The summed E-state index contributed by atoms with van der Waals surface area (Å²) in [6.07, 6.45) is 2.32. The molecule has 0 unspecified atom stereocenters. The number of hydrogen-bond acceptors (Lipinski definition) is 5. The average Bonchev–Trinajstić information content (AvgIpc) is 2.77. The maximum Gasteiger partial charge on any atom is 0.191 e. The molecule has 0 atom stereocenters. The predicted molar refractivity (Wildman–Crippen MR) is 120 cm³/mol. The fourth-order valence-corrected chi connectivity index (χ4v) is 3.32. The first-order valence-corrected chi connectivity index (χ1v) is 11.0. The SMILES string of the molecule is CCNC(=NCCCCN1CCN(CC)CC1)NCCOc1ccc(OC)cc1. The molecule has 1 aromatic rings. The molecule has 0 radical (unpaired) electrons. The molecule has 0 bridgehead atoms. The number of likely N-dealkylation sites (N-methyl/N-ethyl adjacent to an activating group) is 1. The molecule has 2 N–H and O–H groups in total. The molecule has 1 aliphatic rings. The van der Waals surface area contributed by atoms with Crippen molar-refractivity contribution in [3.8, 4) is 11.5 Å². The van der Waals surface area contributed by atoms with Crippen molar-refractivity contribution in [1.29, 1.82) is 0 Å². The molecule has 2 rings (SSSR count). The first kappa shape index (κ1) is 23.3. The first-order valence-electron chi connectivity index (χ1n) is 11.0. The van der Waals surface area contributed by atoms with Crippen molar-refractivity contribution in [2.45, 2.75) is 26.7 Å². The van der Waals surface area contributed by atoms with Gasteiger partial charge in [-0.05, 0) is 57.1 Å². The molecule has 0 aliphatic carbocycles. The Morgan fingerprint density at radius 1 is 0.966 bits per heavy atom. The molecule has 29 heavy (non-hydrogen) atoms. The highest BCUT2D eigenvalue weighted by Crippen LogP contribution is 2.16. The Morgan fingerprint density at radius 2 is 1.66 bits per heavy atom. The Kier molecular flexibility index (Phi) is 11.3. The number of piperazine rings is 1. The van der Waals surface area contributed by atoms with Crippen molar-refractivity contribution in [2.24, 2.45) is 4.99 Å². The lowest BCUT2D eigenvalue weighted by Gasteiger charge is -2.33. The molecule has 1 saturated heterocycles. The quantitative estimate of drug-likeness (QED) is 0.315. The van der Waals surface area contributed by atoms with Crippen LogP contribution in [-0.4, -0.2) is 88.4 Å². The van der Waals surface area contributed by atoms with Gasteiger partial charge in [0, 0.05) is 39.3 Å². The topological polar surface area (TPSA) is 61.4 Å². The number of ether oxygens (including phenoxy) is 2. The van der Waals surface area contributed by atoms with E-state index in [2.05, 4.69) is 39.3 Å². The zero-order valence-electron chi connectivity index (χ0n) is 18.5. The third-order valence-electron chi connectivity index (χ3n) is 5.13. The Morgan fingerprint density at radius 3 is 2.31 bits per heavy atom. The molecule has 7 nitrogen and oxygen atoms in total. The molecule has 1 aromatic carbocycles. The van der Waals surface area contributed by atoms with Crippen molar-refractivity contribution in [1.82, 2.24) is 20.4 Å². The minimum Gasteiger partial charge on any atom is -0.497 e. The van der Waals surface area contributed by atoms with E-state index < -0.39 is 0 Å². The summed E-state index contributed by atoms with van der Waals surface area (Å²) in [7, 11) is 1.66. The minimum atomic E-state index is 0.584. The van der Waals surface area contributed by atoms with Gasteiger partial charge in [0.1, 0.15) is 18.1 Å². The summed E-state index contributed by atoms with van der Waals surface area (Å²) in [5.74, 6) is 2.54. The smallest absolute Gasteiger partial charge is 0.191 e. The van der Waals surface area contributed by atoms with Crippen molar-refractivity contribution < 1.29 is 9.47 Å². The number of nitrogens with one attached hydrogen (secondary N) is 2. The monoisotopic (exact) mass is 405 g/mol. The van der Waals surface area contributed by atoms with Crippen LogP contribution in [0.3, 0.4) is 0 Å². The number of hydrogen-bond donors (Lipinski definition) is 2. The zero-order valence-corrected chi connectivity index (χ0v) is 18.5. The lowest BCUT2D eigenvalue weighted by Crippen LogP contribution is -2.46. The Hall–Kier alpha value is -1.99. The van der Waals surface area contributed by atoms with Crippen molar-refractivity contribution in [2.75, 3.05) is 72.6 Å². The first-order chi connectivity index (χ1) is 14.2. The van der Waals surface area contributed by atoms with Gasteiger partial charge >= 0.3 is 0 Å². The zero-order chi connectivity index (χ0) is 20.7. The molecule has 7 heteroatoms. The predicted octanol–water partition coefficient (Wildman–Crippen LogP) is 2.05. The van der Waals surface area contributed by atoms with Gasteiger partial charge in [0.2, 0.25) is 0 Å². The van der Waals surface area contributed by atoms with Crippen LogP contribution in [0.1, 0.15) is 26.7 Å². The molecule has 0 aromatic heterocycles. The van der Waals surface area contributed by atoms with Gasteiger partial charge in [-0.3, -0.25) is 4.99 Å². The highest BCUT2D eigenvalue weighted by atomic mass is 16.5. The van der Waals surface area contributed by atoms with E-state index >= 15 is 0 Å². The van der Waals surface area contributed by atoms with Crippen LogP contribution in [0.15, 0.2) is 29.3 Å². The van der Waals surface area contributed by atoms with E-state index in [9.17, 15) is 0 Å². The van der Waals surface area contributed by atoms with Gasteiger partial charge in [-0.2, -0.15) is 0 Å². The molecular weight excluding hydrogens is 366 g/mol. The normalized spacial score (nSPS) is 15.9. The van der Waals surface area contributed by atoms with E-state index in [4.69, 9.17) is 9.47 Å². The summed E-state index contributed by atoms with van der Waals surface area (Å²) in [5.41, 5.74) is 0. The molecule has 0 spiro atoms. The lowest BCUT2D eigenvalue weighted by molar-refractivity contribution is 0.136. The van der Waals surface area contributed by atoms with E-state index in [0.29, 0.717) is 13.2 Å². The molecule has 0 saturated carbocycles. The van der Waals surface area contributed by atoms with Crippen LogP contribution in [0.2, 0.25) is 0 Å². The van der Waals surface area contributed by atoms with Crippen LogP contribution in [0, 0.1) is 0 Å². The van der Waals surface area contributed by atoms with Gasteiger partial charge in [0.25, 0.3) is 0 Å². The second-order valence-electron chi connectivity index (χ2n) is 7.19. The molecule has 1 heterocycles. The molecule has 0 amide bonds. The third-order valence-corrected chi connectivity index (χ3v) is 5.13. The van der Waals surface area contributed by atoms with E-state index in [1.165, 1.54) is 45.7 Å². The van der Waals surface area contributed by atoms with Gasteiger partial charge in [0.05, 0.1) is 13.7 Å². The van der Waals surface area contributed by atoms with Gasteiger partial charge in [-0.25, -0.2) is 0 Å². The van der Waals surface area contributed by atoms with Crippen molar-refractivity contribution in [3.05, 3.63) is 24.3 Å². The number of guanidine groups is 1. The van der Waals surface area contributed by atoms with Crippen LogP contribution in [0.5, 0.6) is 11.5 Å². The molecule has 1 fully saturated rings. The summed E-state index contributed by atoms with van der Waals surface area (Å²) in [5, 5.41) is 6.64. The standard InChI is InChI=1S/C22H39N5O2/c1-4-23-22(25-13-19-29-21-10-8-20(28-3)9-11-21)24-12-6-7-14-27-17-15-26(5-2)16-18-27/h8-11H,4-7,12-19H2,1-3H3,(H2,23,24,25). The fraction of sp³-hybridized carbons (Fsp3) is 0.682. The summed E-state index contributed by atoms with van der Waals surface area (Å²) in [6, 6.07) is 7.64. The van der Waals surface area contributed by atoms with Crippen LogP contribution >= 0.6 is 0 Å². The average molecular weight is 406 g/mol. The van der Waals surface area contributed by atoms with E-state index in [0.717, 1.165) is 37.0 Å². The fourth-order valence-electron chi connectivity index (χ4n) is 3.32. The minimum absolute atomic E-state index is 0.584. The number of nitrogens with zero attached hydrogens (tertiary/aromatic N) is 3. The maximum absolute atomic E-state index is 5.75. The third kappa shape index (κ3) is 9.37. The van der Waals surface area contributed by atoms with Crippen LogP contribution < -0.4 is 20.1 Å². The van der Waals surface area contributed by atoms with Gasteiger partial charge in [0.15, 0.2) is 5.96 Å². The Bertz CT molecular complexity index is 571. The lowest BCUT2D eigenvalue weighted by atomic mass is 10.2. The summed E-state index contributed by atoms with van der Waals surface area (Å²) in [4.78, 5) is 9.78. The van der Waals surface area contributed by atoms with E-state index in [1.807, 2.05) is 24.3 Å².